The minimum atomic E-state index is -0.568. The molecule has 0 bridgehead atoms. The van der Waals surface area contributed by atoms with E-state index in [-0.39, 0.29) is 29.8 Å². The number of ether oxygens (including phenoxy) is 3. The van der Waals surface area contributed by atoms with Crippen molar-refractivity contribution in [3.05, 3.63) is 24.3 Å². The molecule has 0 aromatic heterocycles. The van der Waals surface area contributed by atoms with Gasteiger partial charge in [-0.25, -0.2) is 0 Å². The molecule has 5 unspecified atom stereocenters. The van der Waals surface area contributed by atoms with Gasteiger partial charge in [0.25, 0.3) is 0 Å². The van der Waals surface area contributed by atoms with Crippen LogP contribution in [-0.2, 0) is 14.2 Å². The van der Waals surface area contributed by atoms with Gasteiger partial charge in [-0.15, -0.1) is 18.0 Å². The van der Waals surface area contributed by atoms with E-state index < -0.39 is 5.79 Å². The monoisotopic (exact) mass is 324 g/mol. The van der Waals surface area contributed by atoms with Crippen LogP contribution in [0.1, 0.15) is 40.0 Å². The van der Waals surface area contributed by atoms with Crippen LogP contribution in [0.2, 0.25) is 0 Å². The zero-order valence-electron chi connectivity index (χ0n) is 13.5. The van der Waals surface area contributed by atoms with Crippen molar-refractivity contribution in [2.45, 2.75) is 75.6 Å². The highest BCUT2D eigenvalue weighted by molar-refractivity contribution is 6.21. The number of halogens is 1. The minimum Gasteiger partial charge on any atom is -0.369 e. The molecule has 4 heteroatoms. The molecule has 0 spiro atoms. The number of hydrogen-bond donors (Lipinski definition) is 0. The SMILES string of the molecule is C#CC=CCC(Cl)C1CC2OC(C)(C)OC2C=CC(CC)O1. The first-order chi connectivity index (χ1) is 10.4. The number of allylic oxidation sites excluding steroid dienone is 2. The topological polar surface area (TPSA) is 27.7 Å². The van der Waals surface area contributed by atoms with Crippen molar-refractivity contribution in [2.24, 2.45) is 0 Å². The summed E-state index contributed by atoms with van der Waals surface area (Å²) in [6.07, 6.45) is 15.1. The van der Waals surface area contributed by atoms with Crippen LogP contribution in [0.15, 0.2) is 24.3 Å². The Morgan fingerprint density at radius 3 is 2.86 bits per heavy atom. The van der Waals surface area contributed by atoms with E-state index in [4.69, 9.17) is 32.2 Å². The molecule has 0 aliphatic carbocycles. The lowest BCUT2D eigenvalue weighted by atomic mass is 9.99. The second-order valence-corrected chi connectivity index (χ2v) is 6.76. The first-order valence-electron chi connectivity index (χ1n) is 7.89. The Balaban J connectivity index is 2.11. The molecule has 122 valence electrons. The molecule has 2 rings (SSSR count). The molecule has 0 aromatic rings. The largest absolute Gasteiger partial charge is 0.369 e. The van der Waals surface area contributed by atoms with E-state index >= 15 is 0 Å². The molecule has 0 aromatic carbocycles. The third-order valence-corrected chi connectivity index (χ3v) is 4.39. The van der Waals surface area contributed by atoms with E-state index in [9.17, 15) is 0 Å². The summed E-state index contributed by atoms with van der Waals surface area (Å²) in [6, 6.07) is 0. The Hall–Kier alpha value is -0.790. The van der Waals surface area contributed by atoms with Crippen LogP contribution < -0.4 is 0 Å². The van der Waals surface area contributed by atoms with Gasteiger partial charge in [-0.2, -0.15) is 0 Å². The number of fused-ring (bicyclic) bond motifs is 1. The van der Waals surface area contributed by atoms with E-state index in [0.29, 0.717) is 12.8 Å². The number of rotatable bonds is 4. The average molecular weight is 325 g/mol. The normalized spacial score (nSPS) is 35.6. The van der Waals surface area contributed by atoms with Crippen molar-refractivity contribution in [1.29, 1.82) is 0 Å². The summed E-state index contributed by atoms with van der Waals surface area (Å²) in [6.45, 7) is 5.97. The van der Waals surface area contributed by atoms with Crippen molar-refractivity contribution >= 4 is 11.6 Å². The molecular weight excluding hydrogens is 300 g/mol. The Kier molecular flexibility index (Phi) is 6.11. The summed E-state index contributed by atoms with van der Waals surface area (Å²) in [5, 5.41) is -0.141. The summed E-state index contributed by atoms with van der Waals surface area (Å²) in [7, 11) is 0. The van der Waals surface area contributed by atoms with Crippen molar-refractivity contribution < 1.29 is 14.2 Å². The maximum atomic E-state index is 6.54. The van der Waals surface area contributed by atoms with Gasteiger partial charge in [0.05, 0.1) is 23.7 Å². The van der Waals surface area contributed by atoms with E-state index in [0.717, 1.165) is 6.42 Å². The lowest BCUT2D eigenvalue weighted by Gasteiger charge is -2.30. The van der Waals surface area contributed by atoms with Crippen LogP contribution in [0.3, 0.4) is 0 Å². The quantitative estimate of drug-likeness (QED) is 0.447. The summed E-state index contributed by atoms with van der Waals surface area (Å²) in [4.78, 5) is 0. The third kappa shape index (κ3) is 4.60. The van der Waals surface area contributed by atoms with Gasteiger partial charge in [0.2, 0.25) is 0 Å². The smallest absolute Gasteiger partial charge is 0.164 e. The van der Waals surface area contributed by atoms with Crippen molar-refractivity contribution in [2.75, 3.05) is 0 Å². The van der Waals surface area contributed by atoms with Crippen LogP contribution >= 0.6 is 11.6 Å². The molecular formula is C18H25ClO3. The molecule has 1 saturated heterocycles. The summed E-state index contributed by atoms with van der Waals surface area (Å²) < 4.78 is 18.1. The molecule has 1 fully saturated rings. The highest BCUT2D eigenvalue weighted by atomic mass is 35.5. The molecule has 2 heterocycles. The van der Waals surface area contributed by atoms with E-state index in [2.05, 4.69) is 25.0 Å². The summed E-state index contributed by atoms with van der Waals surface area (Å²) in [5.41, 5.74) is 0. The summed E-state index contributed by atoms with van der Waals surface area (Å²) in [5.74, 6) is 1.91. The molecule has 0 radical (unpaired) electrons. The number of alkyl halides is 1. The van der Waals surface area contributed by atoms with E-state index in [1.807, 2.05) is 19.9 Å². The standard InChI is InChI=1S/C18H25ClO3/c1-5-7-8-9-14(19)16-12-17-15(21-18(3,4)22-17)11-10-13(6-2)20-16/h1,7-8,10-11,13-17H,6,9,12H2,2-4H3. The molecule has 2 aliphatic rings. The van der Waals surface area contributed by atoms with Gasteiger partial charge in [-0.05, 0) is 32.8 Å². The molecule has 22 heavy (non-hydrogen) atoms. The molecule has 0 N–H and O–H groups in total. The fraction of sp³-hybridized carbons (Fsp3) is 0.667. The predicted molar refractivity (Wildman–Crippen MR) is 88.8 cm³/mol. The van der Waals surface area contributed by atoms with Crippen LogP contribution in [0, 0.1) is 12.3 Å². The minimum absolute atomic E-state index is 0.0353. The van der Waals surface area contributed by atoms with Gasteiger partial charge >= 0.3 is 0 Å². The summed E-state index contributed by atoms with van der Waals surface area (Å²) >= 11 is 6.54. The van der Waals surface area contributed by atoms with Gasteiger partial charge in [-0.1, -0.05) is 31.1 Å². The van der Waals surface area contributed by atoms with Gasteiger partial charge in [0.1, 0.15) is 6.10 Å². The van der Waals surface area contributed by atoms with Gasteiger partial charge in [0, 0.05) is 6.42 Å². The highest BCUT2D eigenvalue weighted by Crippen LogP contribution is 2.35. The van der Waals surface area contributed by atoms with Gasteiger partial charge < -0.3 is 14.2 Å². The lowest BCUT2D eigenvalue weighted by Crippen LogP contribution is -2.37. The lowest BCUT2D eigenvalue weighted by molar-refractivity contribution is -0.146. The Labute approximate surface area is 138 Å². The van der Waals surface area contributed by atoms with Crippen LogP contribution in [0.5, 0.6) is 0 Å². The van der Waals surface area contributed by atoms with Crippen molar-refractivity contribution in [1.82, 2.24) is 0 Å². The van der Waals surface area contributed by atoms with Crippen molar-refractivity contribution in [3.63, 3.8) is 0 Å². The Bertz CT molecular complexity index is 463. The fourth-order valence-electron chi connectivity index (χ4n) is 2.88. The molecule has 5 atom stereocenters. The maximum absolute atomic E-state index is 6.54. The number of hydrogen-bond acceptors (Lipinski definition) is 3. The van der Waals surface area contributed by atoms with Crippen LogP contribution in [-0.4, -0.2) is 35.6 Å². The van der Waals surface area contributed by atoms with E-state index in [1.165, 1.54) is 0 Å². The third-order valence-electron chi connectivity index (χ3n) is 3.93. The van der Waals surface area contributed by atoms with Crippen LogP contribution in [0.25, 0.3) is 0 Å². The zero-order chi connectivity index (χ0) is 16.2. The Morgan fingerprint density at radius 1 is 1.41 bits per heavy atom. The molecule has 3 nitrogen and oxygen atoms in total. The molecule has 2 aliphatic heterocycles. The van der Waals surface area contributed by atoms with E-state index in [1.54, 1.807) is 6.08 Å². The average Bonchev–Trinajstić information content (AvgIpc) is 2.73. The van der Waals surface area contributed by atoms with Gasteiger partial charge in [0.15, 0.2) is 5.79 Å². The predicted octanol–water partition coefficient (Wildman–Crippen LogP) is 3.82. The molecule has 0 amide bonds. The zero-order valence-corrected chi connectivity index (χ0v) is 14.3. The first-order valence-corrected chi connectivity index (χ1v) is 8.33. The van der Waals surface area contributed by atoms with Crippen molar-refractivity contribution in [3.8, 4) is 12.3 Å². The fourth-order valence-corrected chi connectivity index (χ4v) is 3.14. The maximum Gasteiger partial charge on any atom is 0.164 e. The highest BCUT2D eigenvalue weighted by Gasteiger charge is 2.43. The first kappa shape index (κ1) is 17.6. The number of terminal acetylenes is 1. The second-order valence-electron chi connectivity index (χ2n) is 6.20. The second kappa shape index (κ2) is 7.66. The van der Waals surface area contributed by atoms with Gasteiger partial charge in [-0.3, -0.25) is 0 Å². The Morgan fingerprint density at radius 2 is 2.18 bits per heavy atom. The molecule has 0 saturated carbocycles. The van der Waals surface area contributed by atoms with Crippen LogP contribution in [0.4, 0.5) is 0 Å².